The third-order valence-corrected chi connectivity index (χ3v) is 6.07. The molecule has 1 unspecified atom stereocenters. The number of carbonyl (C=O) groups is 3. The van der Waals surface area contributed by atoms with Crippen LogP contribution in [-0.4, -0.2) is 28.8 Å². The molecule has 2 amide bonds. The first-order valence-electron chi connectivity index (χ1n) is 12.2. The summed E-state index contributed by atoms with van der Waals surface area (Å²) in [4.78, 5) is 39.8. The summed E-state index contributed by atoms with van der Waals surface area (Å²) in [5.41, 5.74) is 3.06. The van der Waals surface area contributed by atoms with Crippen molar-refractivity contribution in [3.63, 3.8) is 0 Å². The molecule has 0 spiro atoms. The second-order valence-electron chi connectivity index (χ2n) is 9.19. The molecule has 2 N–H and O–H groups in total. The molecule has 0 aromatic heterocycles. The lowest BCUT2D eigenvalue weighted by Crippen LogP contribution is -2.29. The maximum Gasteiger partial charge on any atom is 0.300 e. The second kappa shape index (κ2) is 10.7. The van der Waals surface area contributed by atoms with E-state index in [1.54, 1.807) is 48.5 Å². The summed E-state index contributed by atoms with van der Waals surface area (Å²) < 4.78 is 5.76. The van der Waals surface area contributed by atoms with E-state index in [-0.39, 0.29) is 23.3 Å². The van der Waals surface area contributed by atoms with Gasteiger partial charge in [0.05, 0.1) is 17.7 Å². The predicted molar refractivity (Wildman–Crippen MR) is 144 cm³/mol. The zero-order chi connectivity index (χ0) is 26.7. The molecule has 1 fully saturated rings. The van der Waals surface area contributed by atoms with Crippen LogP contribution in [0.3, 0.4) is 0 Å². The zero-order valence-corrected chi connectivity index (χ0v) is 21.3. The first-order valence-corrected chi connectivity index (χ1v) is 12.2. The minimum Gasteiger partial charge on any atom is -0.507 e. The minimum absolute atomic E-state index is 0.0131. The number of aryl methyl sites for hydroxylation is 1. The van der Waals surface area contributed by atoms with E-state index in [2.05, 4.69) is 5.32 Å². The Hall–Kier alpha value is -4.39. The Bertz CT molecular complexity index is 1370. The van der Waals surface area contributed by atoms with Gasteiger partial charge in [-0.2, -0.15) is 0 Å². The molecule has 1 saturated heterocycles. The lowest BCUT2D eigenvalue weighted by atomic mass is 9.94. The molecule has 3 aromatic carbocycles. The molecule has 1 atom stereocenters. The molecule has 0 bridgehead atoms. The number of benzene rings is 3. The fourth-order valence-electron chi connectivity index (χ4n) is 4.43. The van der Waals surface area contributed by atoms with Crippen LogP contribution in [0.2, 0.25) is 0 Å². The van der Waals surface area contributed by atoms with Crippen LogP contribution < -0.4 is 15.0 Å². The maximum absolute atomic E-state index is 13.4. The van der Waals surface area contributed by atoms with E-state index in [1.807, 2.05) is 45.0 Å². The molecule has 0 radical (unpaired) electrons. The zero-order valence-electron chi connectivity index (χ0n) is 21.3. The number of hydrogen-bond donors (Lipinski definition) is 2. The highest BCUT2D eigenvalue weighted by molar-refractivity contribution is 6.51. The summed E-state index contributed by atoms with van der Waals surface area (Å²) in [6, 6.07) is 20.3. The first kappa shape index (κ1) is 25.7. The third kappa shape index (κ3) is 5.40. The van der Waals surface area contributed by atoms with Crippen molar-refractivity contribution >= 4 is 34.7 Å². The van der Waals surface area contributed by atoms with Gasteiger partial charge in [0.15, 0.2) is 0 Å². The molecule has 0 aliphatic carbocycles. The topological polar surface area (TPSA) is 95.9 Å². The van der Waals surface area contributed by atoms with Crippen molar-refractivity contribution in [2.45, 2.75) is 46.3 Å². The van der Waals surface area contributed by atoms with Crippen molar-refractivity contribution < 1.29 is 24.2 Å². The van der Waals surface area contributed by atoms with Crippen LogP contribution in [0, 0.1) is 0 Å². The fourth-order valence-corrected chi connectivity index (χ4v) is 4.43. The molecule has 1 heterocycles. The Labute approximate surface area is 216 Å². The van der Waals surface area contributed by atoms with Gasteiger partial charge in [0.25, 0.3) is 11.7 Å². The number of aliphatic hydroxyl groups is 1. The van der Waals surface area contributed by atoms with E-state index < -0.39 is 17.7 Å². The molecule has 1 aliphatic heterocycles. The van der Waals surface area contributed by atoms with Crippen LogP contribution in [0.4, 0.5) is 11.4 Å². The van der Waals surface area contributed by atoms with Crippen LogP contribution in [-0.2, 0) is 20.8 Å². The first-order chi connectivity index (χ1) is 17.7. The van der Waals surface area contributed by atoms with Gasteiger partial charge in [0.2, 0.25) is 5.91 Å². The van der Waals surface area contributed by atoms with E-state index in [0.29, 0.717) is 28.3 Å². The Morgan fingerprint density at radius 3 is 2.38 bits per heavy atom. The Morgan fingerprint density at radius 2 is 1.73 bits per heavy atom. The van der Waals surface area contributed by atoms with Crippen LogP contribution in [0.25, 0.3) is 5.76 Å². The van der Waals surface area contributed by atoms with Crippen LogP contribution in [0.1, 0.15) is 50.4 Å². The van der Waals surface area contributed by atoms with Gasteiger partial charge in [-0.15, -0.1) is 0 Å². The number of ether oxygens (including phenoxy) is 1. The smallest absolute Gasteiger partial charge is 0.300 e. The molecule has 4 rings (SSSR count). The van der Waals surface area contributed by atoms with E-state index in [1.165, 1.54) is 11.8 Å². The predicted octanol–water partition coefficient (Wildman–Crippen LogP) is 5.62. The number of nitrogens with zero attached hydrogens (tertiary/aromatic N) is 1. The summed E-state index contributed by atoms with van der Waals surface area (Å²) in [6.07, 6.45) is 0.762. The number of nitrogens with one attached hydrogen (secondary N) is 1. The molecule has 7 heteroatoms. The number of ketones is 1. The summed E-state index contributed by atoms with van der Waals surface area (Å²) in [5, 5.41) is 14.1. The van der Waals surface area contributed by atoms with Crippen molar-refractivity contribution in [1.82, 2.24) is 0 Å². The monoisotopic (exact) mass is 498 g/mol. The number of anilines is 2. The number of carbonyl (C=O) groups excluding carboxylic acids is 3. The largest absolute Gasteiger partial charge is 0.507 e. The third-order valence-electron chi connectivity index (χ3n) is 6.07. The van der Waals surface area contributed by atoms with Crippen molar-refractivity contribution in [1.29, 1.82) is 0 Å². The van der Waals surface area contributed by atoms with Gasteiger partial charge in [-0.25, -0.2) is 0 Å². The molecule has 7 nitrogen and oxygen atoms in total. The van der Waals surface area contributed by atoms with Crippen molar-refractivity contribution in [3.8, 4) is 5.75 Å². The van der Waals surface area contributed by atoms with Crippen molar-refractivity contribution in [2.75, 3.05) is 10.2 Å². The quantitative estimate of drug-likeness (QED) is 0.250. The van der Waals surface area contributed by atoms with E-state index in [0.717, 1.165) is 12.0 Å². The Morgan fingerprint density at radius 1 is 1.03 bits per heavy atom. The van der Waals surface area contributed by atoms with Gasteiger partial charge in [-0.3, -0.25) is 19.3 Å². The summed E-state index contributed by atoms with van der Waals surface area (Å²) in [6.45, 7) is 7.23. The average molecular weight is 499 g/mol. The lowest BCUT2D eigenvalue weighted by Gasteiger charge is -2.26. The van der Waals surface area contributed by atoms with E-state index in [4.69, 9.17) is 4.74 Å². The van der Waals surface area contributed by atoms with Gasteiger partial charge in [-0.1, -0.05) is 49.4 Å². The molecular formula is C30H30N2O5. The van der Waals surface area contributed by atoms with Gasteiger partial charge in [-0.05, 0) is 61.7 Å². The minimum atomic E-state index is -0.867. The Balaban J connectivity index is 1.89. The molecule has 1 aliphatic rings. The lowest BCUT2D eigenvalue weighted by molar-refractivity contribution is -0.132. The number of rotatable bonds is 7. The summed E-state index contributed by atoms with van der Waals surface area (Å²) in [7, 11) is 0. The molecular weight excluding hydrogens is 468 g/mol. The van der Waals surface area contributed by atoms with Gasteiger partial charge in [0.1, 0.15) is 11.5 Å². The highest BCUT2D eigenvalue weighted by Gasteiger charge is 2.47. The Kier molecular flexibility index (Phi) is 7.43. The molecule has 190 valence electrons. The molecule has 0 saturated carbocycles. The van der Waals surface area contributed by atoms with E-state index in [9.17, 15) is 19.5 Å². The van der Waals surface area contributed by atoms with Gasteiger partial charge < -0.3 is 15.2 Å². The maximum atomic E-state index is 13.4. The van der Waals surface area contributed by atoms with Crippen LogP contribution >= 0.6 is 0 Å². The van der Waals surface area contributed by atoms with Gasteiger partial charge in [0, 0.05) is 23.9 Å². The number of amides is 2. The van der Waals surface area contributed by atoms with Crippen molar-refractivity contribution in [3.05, 3.63) is 95.1 Å². The molecule has 37 heavy (non-hydrogen) atoms. The number of hydrogen-bond acceptors (Lipinski definition) is 5. The standard InChI is InChI=1S/C30H30N2O5/c1-5-20-12-14-21(15-13-20)27-26(28(34)22-8-6-11-25(16-22)37-18(2)3)29(35)30(36)32(27)24-10-7-9-23(17-24)31-19(4)33/h6-18,27,34H,5H2,1-4H3,(H,31,33)/b28-26+. The molecule has 3 aromatic rings. The SMILES string of the molecule is CCc1ccc(C2/C(=C(\O)c3cccc(OC(C)C)c3)C(=O)C(=O)N2c2cccc(NC(C)=O)c2)cc1. The highest BCUT2D eigenvalue weighted by Crippen LogP contribution is 2.43. The summed E-state index contributed by atoms with van der Waals surface area (Å²) >= 11 is 0. The number of aliphatic hydroxyl groups excluding tert-OH is 1. The van der Waals surface area contributed by atoms with Crippen LogP contribution in [0.5, 0.6) is 5.75 Å². The highest BCUT2D eigenvalue weighted by atomic mass is 16.5. The van der Waals surface area contributed by atoms with Gasteiger partial charge >= 0.3 is 0 Å². The second-order valence-corrected chi connectivity index (χ2v) is 9.19. The van der Waals surface area contributed by atoms with Crippen molar-refractivity contribution in [2.24, 2.45) is 0 Å². The normalized spacial score (nSPS) is 16.8. The average Bonchev–Trinajstić information content (AvgIpc) is 3.13. The van der Waals surface area contributed by atoms with E-state index >= 15 is 0 Å². The fraction of sp³-hybridized carbons (Fsp3) is 0.233. The number of Topliss-reactive ketones (excluding diaryl/α,β-unsaturated/α-hetero) is 1. The van der Waals surface area contributed by atoms with Crippen LogP contribution in [0.15, 0.2) is 78.4 Å². The summed E-state index contributed by atoms with van der Waals surface area (Å²) in [5.74, 6) is -1.55.